The number of benzene rings is 1. The Kier molecular flexibility index (Phi) is 1.52. The molecule has 0 fully saturated rings. The third-order valence-corrected chi connectivity index (χ3v) is 3.87. The molecule has 0 radical (unpaired) electrons. The second kappa shape index (κ2) is 2.89. The molecule has 1 aliphatic heterocycles. The molecule has 0 saturated carbocycles. The fraction of sp³-hybridized carbons (Fsp3) is 0. The first-order valence-electron chi connectivity index (χ1n) is 5.16. The fourth-order valence-electron chi connectivity index (χ4n) is 2.28. The minimum Gasteiger partial charge on any atom is -0.312 e. The zero-order valence-corrected chi connectivity index (χ0v) is 9.24. The van der Waals surface area contributed by atoms with Crippen LogP contribution in [0.4, 0.5) is 0 Å². The fourth-order valence-corrected chi connectivity index (χ4v) is 3.22. The highest BCUT2D eigenvalue weighted by molar-refractivity contribution is 8.02. The molecule has 2 nitrogen and oxygen atoms in total. The summed E-state index contributed by atoms with van der Waals surface area (Å²) in [4.78, 5) is 5.73. The smallest absolute Gasteiger partial charge is 0.0887 e. The quantitative estimate of drug-likeness (QED) is 0.581. The van der Waals surface area contributed by atoms with Gasteiger partial charge in [-0.05, 0) is 17.6 Å². The highest BCUT2D eigenvalue weighted by Gasteiger charge is 2.16. The van der Waals surface area contributed by atoms with Gasteiger partial charge in [-0.1, -0.05) is 30.0 Å². The molecule has 3 heterocycles. The van der Waals surface area contributed by atoms with Gasteiger partial charge >= 0.3 is 0 Å². The highest BCUT2D eigenvalue weighted by atomic mass is 32.2. The van der Waals surface area contributed by atoms with E-state index in [0.29, 0.717) is 0 Å². The minimum absolute atomic E-state index is 1.06. The molecular weight excluding hydrogens is 216 g/mol. The van der Waals surface area contributed by atoms with E-state index in [4.69, 9.17) is 0 Å². The lowest BCUT2D eigenvalue weighted by atomic mass is 10.2. The van der Waals surface area contributed by atoms with Gasteiger partial charge in [-0.15, -0.1) is 0 Å². The maximum Gasteiger partial charge on any atom is 0.0887 e. The van der Waals surface area contributed by atoms with Crippen LogP contribution in [-0.2, 0) is 0 Å². The number of hydrogen-bond donors (Lipinski definition) is 0. The van der Waals surface area contributed by atoms with Gasteiger partial charge < -0.3 is 4.40 Å². The zero-order valence-electron chi connectivity index (χ0n) is 8.42. The van der Waals surface area contributed by atoms with Gasteiger partial charge in [0.1, 0.15) is 0 Å². The van der Waals surface area contributed by atoms with Crippen LogP contribution in [0.5, 0.6) is 0 Å². The average molecular weight is 224 g/mol. The molecule has 0 unspecified atom stereocenters. The molecule has 0 saturated heterocycles. The average Bonchev–Trinajstić information content (AvgIpc) is 2.68. The summed E-state index contributed by atoms with van der Waals surface area (Å²) in [6, 6.07) is 8.49. The van der Waals surface area contributed by atoms with Crippen LogP contribution in [-0.4, -0.2) is 9.38 Å². The van der Waals surface area contributed by atoms with E-state index in [0.717, 1.165) is 5.69 Å². The number of para-hydroxylation sites is 1. The van der Waals surface area contributed by atoms with E-state index in [1.807, 2.05) is 12.4 Å². The molecule has 0 spiro atoms. The van der Waals surface area contributed by atoms with E-state index in [1.54, 1.807) is 11.8 Å². The maximum absolute atomic E-state index is 4.41. The summed E-state index contributed by atoms with van der Waals surface area (Å²) < 4.78 is 2.23. The van der Waals surface area contributed by atoms with Crippen LogP contribution in [0.3, 0.4) is 0 Å². The summed E-state index contributed by atoms with van der Waals surface area (Å²) in [7, 11) is 0. The van der Waals surface area contributed by atoms with Crippen molar-refractivity contribution in [2.24, 2.45) is 0 Å². The molecule has 4 rings (SSSR count). The summed E-state index contributed by atoms with van der Waals surface area (Å²) >= 11 is 1.78. The molecule has 0 N–H and O–H groups in total. The van der Waals surface area contributed by atoms with Crippen LogP contribution in [0.15, 0.2) is 47.0 Å². The Hall–Kier alpha value is -1.74. The molecule has 16 heavy (non-hydrogen) atoms. The van der Waals surface area contributed by atoms with Gasteiger partial charge in [-0.2, -0.15) is 0 Å². The van der Waals surface area contributed by atoms with Gasteiger partial charge in [0.15, 0.2) is 0 Å². The van der Waals surface area contributed by atoms with Crippen molar-refractivity contribution in [3.05, 3.63) is 47.8 Å². The lowest BCUT2D eigenvalue weighted by Crippen LogP contribution is -1.91. The molecule has 3 heteroatoms. The van der Waals surface area contributed by atoms with Crippen molar-refractivity contribution in [3.8, 4) is 0 Å². The Labute approximate surface area is 96.6 Å². The number of nitrogens with zero attached hydrogens (tertiary/aromatic N) is 2. The largest absolute Gasteiger partial charge is 0.312 e. The Bertz CT molecular complexity index is 740. The van der Waals surface area contributed by atoms with E-state index in [2.05, 4.69) is 45.1 Å². The third kappa shape index (κ3) is 0.913. The maximum atomic E-state index is 4.41. The van der Waals surface area contributed by atoms with E-state index in [9.17, 15) is 0 Å². The Morgan fingerprint density at radius 2 is 2.12 bits per heavy atom. The second-order valence-corrected chi connectivity index (χ2v) is 4.71. The molecule has 1 aliphatic rings. The number of rotatable bonds is 0. The first-order chi connectivity index (χ1) is 7.95. The van der Waals surface area contributed by atoms with Crippen molar-refractivity contribution in [2.75, 3.05) is 0 Å². The van der Waals surface area contributed by atoms with Crippen LogP contribution in [0.2, 0.25) is 0 Å². The van der Waals surface area contributed by atoms with Gasteiger partial charge in [0.2, 0.25) is 0 Å². The molecular formula is C13H8N2S. The van der Waals surface area contributed by atoms with Crippen LogP contribution in [0.25, 0.3) is 22.5 Å². The van der Waals surface area contributed by atoms with Crippen LogP contribution in [0.1, 0.15) is 5.69 Å². The summed E-state index contributed by atoms with van der Waals surface area (Å²) in [5.74, 6) is 0. The molecule has 0 aliphatic carbocycles. The second-order valence-electron chi connectivity index (χ2n) is 3.80. The summed E-state index contributed by atoms with van der Waals surface area (Å²) in [6.45, 7) is 0. The normalized spacial score (nSPS) is 13.8. The molecule has 3 aromatic rings. The topological polar surface area (TPSA) is 17.3 Å². The van der Waals surface area contributed by atoms with E-state index in [1.165, 1.54) is 21.3 Å². The molecule has 1 aromatic carbocycles. The summed E-state index contributed by atoms with van der Waals surface area (Å²) in [5, 5.41) is 3.42. The predicted octanol–water partition coefficient (Wildman–Crippen LogP) is 3.56. The van der Waals surface area contributed by atoms with Gasteiger partial charge in [0.25, 0.3) is 0 Å². The molecule has 0 amide bonds. The van der Waals surface area contributed by atoms with E-state index < -0.39 is 0 Å². The third-order valence-electron chi connectivity index (χ3n) is 2.95. The van der Waals surface area contributed by atoms with Crippen molar-refractivity contribution < 1.29 is 0 Å². The molecule has 0 atom stereocenters. The van der Waals surface area contributed by atoms with Crippen molar-refractivity contribution in [1.82, 2.24) is 9.38 Å². The number of fused-ring (bicyclic) bond motifs is 3. The molecule has 2 aromatic heterocycles. The molecule has 76 valence electrons. The Morgan fingerprint density at radius 1 is 1.19 bits per heavy atom. The SMILES string of the molecule is C1=Cc2nccn3c2c(c2ccccc23)S1. The van der Waals surface area contributed by atoms with Crippen molar-refractivity contribution in [1.29, 1.82) is 0 Å². The van der Waals surface area contributed by atoms with Crippen LogP contribution in [0, 0.1) is 0 Å². The predicted molar refractivity (Wildman–Crippen MR) is 67.6 cm³/mol. The molecule has 0 bridgehead atoms. The van der Waals surface area contributed by atoms with Crippen LogP contribution < -0.4 is 0 Å². The van der Waals surface area contributed by atoms with Gasteiger partial charge in [-0.25, -0.2) is 0 Å². The van der Waals surface area contributed by atoms with Gasteiger partial charge in [0.05, 0.1) is 16.7 Å². The van der Waals surface area contributed by atoms with Crippen molar-refractivity contribution in [2.45, 2.75) is 4.90 Å². The van der Waals surface area contributed by atoms with Crippen molar-refractivity contribution >= 4 is 34.3 Å². The van der Waals surface area contributed by atoms with Crippen molar-refractivity contribution in [3.63, 3.8) is 0 Å². The van der Waals surface area contributed by atoms with E-state index in [-0.39, 0.29) is 0 Å². The standard InChI is InChI=1S/C13H8N2S/c1-2-4-11-9(3-1)13-12-10(5-8-16-13)14-6-7-15(11)12/h1-8H. The Morgan fingerprint density at radius 3 is 3.12 bits per heavy atom. The van der Waals surface area contributed by atoms with Crippen LogP contribution >= 0.6 is 11.8 Å². The van der Waals surface area contributed by atoms with Gasteiger partial charge in [0, 0.05) is 22.7 Å². The lowest BCUT2D eigenvalue weighted by molar-refractivity contribution is 1.15. The summed E-state index contributed by atoms with van der Waals surface area (Å²) in [5.41, 5.74) is 3.55. The first-order valence-corrected chi connectivity index (χ1v) is 6.04. The van der Waals surface area contributed by atoms with E-state index >= 15 is 0 Å². The number of thioether (sulfide) groups is 1. The highest BCUT2D eigenvalue weighted by Crippen LogP contribution is 2.39. The Balaban J connectivity index is 2.39. The van der Waals surface area contributed by atoms with Gasteiger partial charge in [-0.3, -0.25) is 4.98 Å². The summed E-state index contributed by atoms with van der Waals surface area (Å²) in [6.07, 6.45) is 5.97. The number of aromatic nitrogens is 2. The first kappa shape index (κ1) is 8.42. The number of hydrogen-bond acceptors (Lipinski definition) is 2. The zero-order chi connectivity index (χ0) is 10.5. The lowest BCUT2D eigenvalue weighted by Gasteiger charge is -2.05. The minimum atomic E-state index is 1.06. The monoisotopic (exact) mass is 224 g/mol.